The van der Waals surface area contributed by atoms with Gasteiger partial charge in [-0.15, -0.1) is 0 Å². The van der Waals surface area contributed by atoms with Gasteiger partial charge in [-0.3, -0.25) is 4.79 Å². The monoisotopic (exact) mass is 232 g/mol. The van der Waals surface area contributed by atoms with Crippen LogP contribution in [0, 0.1) is 0 Å². The Morgan fingerprint density at radius 1 is 1.29 bits per heavy atom. The van der Waals surface area contributed by atoms with E-state index in [1.807, 2.05) is 12.1 Å². The molecule has 2 N–H and O–H groups in total. The van der Waals surface area contributed by atoms with Crippen LogP contribution in [0.5, 0.6) is 0 Å². The Hall–Kier alpha value is -1.51. The molecule has 0 unspecified atom stereocenters. The molecule has 1 aromatic carbocycles. The molecule has 0 aliphatic heterocycles. The highest BCUT2D eigenvalue weighted by Crippen LogP contribution is 2.18. The van der Waals surface area contributed by atoms with Gasteiger partial charge < -0.3 is 10.6 Å². The lowest BCUT2D eigenvalue weighted by atomic mass is 10.1. The lowest BCUT2D eigenvalue weighted by Crippen LogP contribution is -2.31. The zero-order chi connectivity index (χ0) is 12.1. The van der Waals surface area contributed by atoms with E-state index in [0.717, 1.165) is 31.4 Å². The van der Waals surface area contributed by atoms with Gasteiger partial charge >= 0.3 is 0 Å². The highest BCUT2D eigenvalue weighted by molar-refractivity contribution is 5.81. The van der Waals surface area contributed by atoms with Crippen LogP contribution in [0.4, 0.5) is 5.69 Å². The van der Waals surface area contributed by atoms with Crippen molar-refractivity contribution in [3.63, 3.8) is 0 Å². The van der Waals surface area contributed by atoms with Gasteiger partial charge in [0.1, 0.15) is 0 Å². The number of benzene rings is 1. The van der Waals surface area contributed by atoms with Crippen LogP contribution >= 0.6 is 0 Å². The van der Waals surface area contributed by atoms with Gasteiger partial charge in [0.05, 0.1) is 6.54 Å². The first-order chi connectivity index (χ1) is 8.28. The van der Waals surface area contributed by atoms with Crippen molar-refractivity contribution in [2.75, 3.05) is 11.9 Å². The van der Waals surface area contributed by atoms with Gasteiger partial charge in [0, 0.05) is 11.7 Å². The highest BCUT2D eigenvalue weighted by atomic mass is 16.2. The summed E-state index contributed by atoms with van der Waals surface area (Å²) in [6.07, 6.45) is 4.55. The Morgan fingerprint density at radius 3 is 2.59 bits per heavy atom. The predicted octanol–water partition coefficient (Wildman–Crippen LogP) is 2.33. The average Bonchev–Trinajstić information content (AvgIpc) is 3.12. The number of carbonyl (C=O) groups excluding carboxylic acids is 1. The van der Waals surface area contributed by atoms with Crippen LogP contribution in [0.3, 0.4) is 0 Å². The van der Waals surface area contributed by atoms with Crippen molar-refractivity contribution in [2.45, 2.75) is 38.6 Å². The summed E-state index contributed by atoms with van der Waals surface area (Å²) in [5.41, 5.74) is 2.36. The molecule has 0 spiro atoms. The van der Waals surface area contributed by atoms with Crippen molar-refractivity contribution in [3.8, 4) is 0 Å². The topological polar surface area (TPSA) is 41.1 Å². The van der Waals surface area contributed by atoms with Crippen LogP contribution < -0.4 is 10.6 Å². The fourth-order valence-corrected chi connectivity index (χ4v) is 1.77. The first-order valence-corrected chi connectivity index (χ1v) is 6.40. The normalized spacial score (nSPS) is 14.4. The van der Waals surface area contributed by atoms with Gasteiger partial charge in [-0.1, -0.05) is 25.5 Å². The maximum Gasteiger partial charge on any atom is 0.239 e. The van der Waals surface area contributed by atoms with Crippen LogP contribution in [0.15, 0.2) is 24.3 Å². The van der Waals surface area contributed by atoms with E-state index in [0.29, 0.717) is 12.6 Å². The molecule has 0 radical (unpaired) electrons. The second-order valence-corrected chi connectivity index (χ2v) is 4.64. The third kappa shape index (κ3) is 4.10. The Labute approximate surface area is 103 Å². The van der Waals surface area contributed by atoms with E-state index in [-0.39, 0.29) is 5.91 Å². The minimum atomic E-state index is 0.0881. The molecule has 1 fully saturated rings. The molecule has 0 atom stereocenters. The minimum Gasteiger partial charge on any atom is -0.376 e. The van der Waals surface area contributed by atoms with Crippen molar-refractivity contribution in [1.29, 1.82) is 0 Å². The van der Waals surface area contributed by atoms with Crippen molar-refractivity contribution in [2.24, 2.45) is 0 Å². The molecule has 2 rings (SSSR count). The molecule has 1 aromatic rings. The Balaban J connectivity index is 1.75. The molecule has 0 aromatic heterocycles. The van der Waals surface area contributed by atoms with Gasteiger partial charge in [-0.05, 0) is 37.0 Å². The standard InChI is InChI=1S/C14H20N2O/c1-2-3-11-4-6-12(7-5-11)15-10-14(17)16-13-8-9-13/h4-7,13,15H,2-3,8-10H2,1H3,(H,16,17). The number of hydrogen-bond donors (Lipinski definition) is 2. The lowest BCUT2D eigenvalue weighted by molar-refractivity contribution is -0.119. The Morgan fingerprint density at radius 2 is 2.00 bits per heavy atom. The molecular weight excluding hydrogens is 212 g/mol. The summed E-state index contributed by atoms with van der Waals surface area (Å²) in [5, 5.41) is 6.09. The van der Waals surface area contributed by atoms with Crippen molar-refractivity contribution >= 4 is 11.6 Å². The van der Waals surface area contributed by atoms with Crippen LogP contribution in [0.2, 0.25) is 0 Å². The summed E-state index contributed by atoms with van der Waals surface area (Å²) in [6.45, 7) is 2.54. The van der Waals surface area contributed by atoms with Crippen molar-refractivity contribution < 1.29 is 4.79 Å². The molecule has 1 aliphatic carbocycles. The molecular formula is C14H20N2O. The maximum atomic E-state index is 11.5. The number of nitrogens with one attached hydrogen (secondary N) is 2. The first kappa shape index (κ1) is 12.0. The summed E-state index contributed by atoms with van der Waals surface area (Å²) < 4.78 is 0. The lowest BCUT2D eigenvalue weighted by Gasteiger charge is -2.07. The highest BCUT2D eigenvalue weighted by Gasteiger charge is 2.22. The Kier molecular flexibility index (Phi) is 4.02. The number of hydrogen-bond acceptors (Lipinski definition) is 2. The maximum absolute atomic E-state index is 11.5. The Bertz CT molecular complexity index is 368. The van der Waals surface area contributed by atoms with Gasteiger partial charge in [0.2, 0.25) is 5.91 Å². The fourth-order valence-electron chi connectivity index (χ4n) is 1.77. The number of rotatable bonds is 6. The van der Waals surface area contributed by atoms with Crippen LogP contribution in [-0.2, 0) is 11.2 Å². The molecule has 1 amide bonds. The molecule has 1 saturated carbocycles. The molecule has 92 valence electrons. The minimum absolute atomic E-state index is 0.0881. The summed E-state index contributed by atoms with van der Waals surface area (Å²) in [6, 6.07) is 8.75. The van der Waals surface area contributed by atoms with Crippen LogP contribution in [0.25, 0.3) is 0 Å². The van der Waals surface area contributed by atoms with Gasteiger partial charge in [-0.2, -0.15) is 0 Å². The molecule has 3 nitrogen and oxygen atoms in total. The molecule has 17 heavy (non-hydrogen) atoms. The van der Waals surface area contributed by atoms with Crippen LogP contribution in [0.1, 0.15) is 31.7 Å². The number of anilines is 1. The van der Waals surface area contributed by atoms with E-state index in [1.54, 1.807) is 0 Å². The molecule has 0 bridgehead atoms. The summed E-state index contributed by atoms with van der Waals surface area (Å²) in [5.74, 6) is 0.0881. The third-order valence-electron chi connectivity index (χ3n) is 2.89. The fraction of sp³-hybridized carbons (Fsp3) is 0.500. The summed E-state index contributed by atoms with van der Waals surface area (Å²) in [7, 11) is 0. The van der Waals surface area contributed by atoms with Crippen molar-refractivity contribution in [1.82, 2.24) is 5.32 Å². The van der Waals surface area contributed by atoms with E-state index >= 15 is 0 Å². The SMILES string of the molecule is CCCc1ccc(NCC(=O)NC2CC2)cc1. The smallest absolute Gasteiger partial charge is 0.239 e. The summed E-state index contributed by atoms with van der Waals surface area (Å²) in [4.78, 5) is 11.5. The van der Waals surface area contributed by atoms with Gasteiger partial charge in [0.15, 0.2) is 0 Å². The zero-order valence-corrected chi connectivity index (χ0v) is 10.3. The largest absolute Gasteiger partial charge is 0.376 e. The van der Waals surface area contributed by atoms with E-state index in [4.69, 9.17) is 0 Å². The van der Waals surface area contributed by atoms with Gasteiger partial charge in [-0.25, -0.2) is 0 Å². The number of aryl methyl sites for hydroxylation is 1. The average molecular weight is 232 g/mol. The van der Waals surface area contributed by atoms with E-state index in [2.05, 4.69) is 29.7 Å². The molecule has 0 heterocycles. The van der Waals surface area contributed by atoms with E-state index in [1.165, 1.54) is 5.56 Å². The summed E-state index contributed by atoms with van der Waals surface area (Å²) >= 11 is 0. The van der Waals surface area contributed by atoms with Crippen molar-refractivity contribution in [3.05, 3.63) is 29.8 Å². The van der Waals surface area contributed by atoms with E-state index in [9.17, 15) is 4.79 Å². The third-order valence-corrected chi connectivity index (χ3v) is 2.89. The van der Waals surface area contributed by atoms with Crippen LogP contribution in [-0.4, -0.2) is 18.5 Å². The van der Waals surface area contributed by atoms with Gasteiger partial charge in [0.25, 0.3) is 0 Å². The quantitative estimate of drug-likeness (QED) is 0.790. The second kappa shape index (κ2) is 5.71. The first-order valence-electron chi connectivity index (χ1n) is 6.40. The zero-order valence-electron chi connectivity index (χ0n) is 10.3. The molecule has 1 aliphatic rings. The molecule has 0 saturated heterocycles. The number of amides is 1. The predicted molar refractivity (Wildman–Crippen MR) is 70.1 cm³/mol. The number of carbonyl (C=O) groups is 1. The molecule has 3 heteroatoms. The van der Waals surface area contributed by atoms with E-state index < -0.39 is 0 Å². The second-order valence-electron chi connectivity index (χ2n) is 4.64.